The van der Waals surface area contributed by atoms with E-state index in [1.807, 2.05) is 0 Å². The Morgan fingerprint density at radius 2 is 1.77 bits per heavy atom. The van der Waals surface area contributed by atoms with E-state index < -0.39 is 10.0 Å². The van der Waals surface area contributed by atoms with Crippen LogP contribution in [0.25, 0.3) is 0 Å². The number of para-hydroxylation sites is 1. The van der Waals surface area contributed by atoms with Gasteiger partial charge in [-0.25, -0.2) is 8.42 Å². The Bertz CT molecular complexity index is 916. The highest BCUT2D eigenvalue weighted by atomic mass is 79.9. The van der Waals surface area contributed by atoms with E-state index in [1.165, 1.54) is 0 Å². The summed E-state index contributed by atoms with van der Waals surface area (Å²) in [6.45, 7) is -0.0582. The maximum Gasteiger partial charge on any atom is 0.251 e. The minimum Gasteiger partial charge on any atom is -0.350 e. The van der Waals surface area contributed by atoms with Crippen LogP contribution in [-0.4, -0.2) is 33.0 Å². The third kappa shape index (κ3) is 6.49. The lowest BCUT2D eigenvalue weighted by atomic mass is 10.2. The van der Waals surface area contributed by atoms with E-state index in [2.05, 4.69) is 31.3 Å². The van der Waals surface area contributed by atoms with Crippen LogP contribution in [0.15, 0.2) is 53.0 Å². The van der Waals surface area contributed by atoms with Crippen molar-refractivity contribution in [2.45, 2.75) is 6.54 Å². The Morgan fingerprint density at radius 3 is 2.46 bits per heavy atom. The zero-order valence-corrected chi connectivity index (χ0v) is 16.4. The number of hydrogen-bond donors (Lipinski definition) is 3. The van der Waals surface area contributed by atoms with E-state index in [0.29, 0.717) is 16.8 Å². The fourth-order valence-corrected chi connectivity index (χ4v) is 3.12. The van der Waals surface area contributed by atoms with Crippen LogP contribution in [0.5, 0.6) is 0 Å². The molecule has 0 aliphatic heterocycles. The molecule has 0 spiro atoms. The van der Waals surface area contributed by atoms with Gasteiger partial charge in [-0.1, -0.05) is 40.2 Å². The lowest BCUT2D eigenvalue weighted by Gasteiger charge is -2.12. The second-order valence-electron chi connectivity index (χ2n) is 5.50. The van der Waals surface area contributed by atoms with Crippen molar-refractivity contribution in [1.82, 2.24) is 10.6 Å². The lowest BCUT2D eigenvalue weighted by Crippen LogP contribution is -2.36. The van der Waals surface area contributed by atoms with Gasteiger partial charge in [0, 0.05) is 16.6 Å². The Hall–Kier alpha value is -2.39. The first kappa shape index (κ1) is 19.9. The van der Waals surface area contributed by atoms with Crippen molar-refractivity contribution in [3.8, 4) is 0 Å². The quantitative estimate of drug-likeness (QED) is 0.612. The number of nitrogens with one attached hydrogen (secondary N) is 3. The summed E-state index contributed by atoms with van der Waals surface area (Å²) in [4.78, 5) is 23.9. The number of halogens is 1. The molecule has 0 bridgehead atoms. The monoisotopic (exact) mass is 439 g/mol. The zero-order chi connectivity index (χ0) is 19.2. The van der Waals surface area contributed by atoms with Gasteiger partial charge >= 0.3 is 0 Å². The molecule has 3 N–H and O–H groups in total. The molecule has 0 atom stereocenters. The Kier molecular flexibility index (Phi) is 6.76. The van der Waals surface area contributed by atoms with Crippen LogP contribution in [0.2, 0.25) is 0 Å². The highest BCUT2D eigenvalue weighted by Gasteiger charge is 2.10. The van der Waals surface area contributed by atoms with Crippen LogP contribution in [0.4, 0.5) is 5.69 Å². The van der Waals surface area contributed by atoms with Gasteiger partial charge in [0.25, 0.3) is 5.91 Å². The first-order chi connectivity index (χ1) is 12.2. The molecule has 2 aromatic carbocycles. The second-order valence-corrected chi connectivity index (χ2v) is 8.17. The summed E-state index contributed by atoms with van der Waals surface area (Å²) in [5.41, 5.74) is 1.45. The summed E-state index contributed by atoms with van der Waals surface area (Å²) in [7, 11) is -3.42. The fourth-order valence-electron chi connectivity index (χ4n) is 2.12. The molecule has 0 aromatic heterocycles. The number of anilines is 1. The largest absolute Gasteiger partial charge is 0.350 e. The molecule has 0 radical (unpaired) electrons. The predicted octanol–water partition coefficient (Wildman–Crippen LogP) is 1.87. The maximum atomic E-state index is 12.0. The minimum atomic E-state index is -3.42. The lowest BCUT2D eigenvalue weighted by molar-refractivity contribution is -0.120. The van der Waals surface area contributed by atoms with Crippen molar-refractivity contribution < 1.29 is 18.0 Å². The zero-order valence-electron chi connectivity index (χ0n) is 14.0. The number of carbonyl (C=O) groups excluding carboxylic acids is 2. The van der Waals surface area contributed by atoms with E-state index >= 15 is 0 Å². The minimum absolute atomic E-state index is 0.129. The predicted molar refractivity (Wildman–Crippen MR) is 103 cm³/mol. The second kappa shape index (κ2) is 8.81. The van der Waals surface area contributed by atoms with Crippen LogP contribution in [0.1, 0.15) is 15.9 Å². The molecule has 2 aromatic rings. The molecule has 0 heterocycles. The van der Waals surface area contributed by atoms with Gasteiger partial charge in [-0.2, -0.15) is 0 Å². The highest BCUT2D eigenvalue weighted by Crippen LogP contribution is 2.16. The fraction of sp³-hybridized carbons (Fsp3) is 0.176. The van der Waals surface area contributed by atoms with Gasteiger partial charge in [0.1, 0.15) is 0 Å². The summed E-state index contributed by atoms with van der Waals surface area (Å²) >= 11 is 3.28. The van der Waals surface area contributed by atoms with Gasteiger partial charge in [0.2, 0.25) is 15.9 Å². The molecule has 0 aliphatic carbocycles. The summed E-state index contributed by atoms with van der Waals surface area (Å²) in [6, 6.07) is 13.6. The molecule has 0 aliphatic rings. The molecule has 0 saturated carbocycles. The third-order valence-corrected chi connectivity index (χ3v) is 4.37. The summed E-state index contributed by atoms with van der Waals surface area (Å²) in [5.74, 6) is -0.747. The van der Waals surface area contributed by atoms with Crippen LogP contribution < -0.4 is 15.4 Å². The van der Waals surface area contributed by atoms with Crippen molar-refractivity contribution in [2.75, 3.05) is 17.5 Å². The van der Waals surface area contributed by atoms with E-state index in [9.17, 15) is 18.0 Å². The topological polar surface area (TPSA) is 104 Å². The van der Waals surface area contributed by atoms with Crippen molar-refractivity contribution >= 4 is 43.5 Å². The molecule has 0 unspecified atom stereocenters. The molecule has 0 saturated heterocycles. The molecule has 9 heteroatoms. The van der Waals surface area contributed by atoms with Gasteiger partial charge < -0.3 is 10.6 Å². The van der Waals surface area contributed by atoms with Gasteiger partial charge in [0.05, 0.1) is 18.5 Å². The first-order valence-electron chi connectivity index (χ1n) is 7.61. The number of amides is 2. The standard InChI is InChI=1S/C17H18BrN3O4S/c1-26(24,25)21-15-8-3-2-5-13(15)10-19-16(22)11-20-17(23)12-6-4-7-14(18)9-12/h2-9,21H,10-11H2,1H3,(H,19,22)(H,20,23). The molecule has 26 heavy (non-hydrogen) atoms. The van der Waals surface area contributed by atoms with E-state index in [1.54, 1.807) is 48.5 Å². The number of benzene rings is 2. The molecular weight excluding hydrogens is 422 g/mol. The summed E-state index contributed by atoms with van der Waals surface area (Å²) < 4.78 is 25.9. The van der Waals surface area contributed by atoms with E-state index in [-0.39, 0.29) is 24.9 Å². The molecule has 138 valence electrons. The van der Waals surface area contributed by atoms with Crippen molar-refractivity contribution in [1.29, 1.82) is 0 Å². The number of rotatable bonds is 7. The number of carbonyl (C=O) groups is 2. The smallest absolute Gasteiger partial charge is 0.251 e. The molecule has 2 amide bonds. The van der Waals surface area contributed by atoms with Crippen LogP contribution >= 0.6 is 15.9 Å². The van der Waals surface area contributed by atoms with Crippen molar-refractivity contribution in [3.63, 3.8) is 0 Å². The van der Waals surface area contributed by atoms with Crippen LogP contribution in [-0.2, 0) is 21.4 Å². The average molecular weight is 440 g/mol. The Balaban J connectivity index is 1.88. The molecule has 0 fully saturated rings. The van der Waals surface area contributed by atoms with E-state index in [0.717, 1.165) is 10.7 Å². The first-order valence-corrected chi connectivity index (χ1v) is 10.3. The number of hydrogen-bond acceptors (Lipinski definition) is 4. The van der Waals surface area contributed by atoms with Crippen molar-refractivity contribution in [2.24, 2.45) is 0 Å². The SMILES string of the molecule is CS(=O)(=O)Nc1ccccc1CNC(=O)CNC(=O)c1cccc(Br)c1. The third-order valence-electron chi connectivity index (χ3n) is 3.29. The van der Waals surface area contributed by atoms with Crippen molar-refractivity contribution in [3.05, 3.63) is 64.1 Å². The molecule has 7 nitrogen and oxygen atoms in total. The van der Waals surface area contributed by atoms with Gasteiger partial charge in [-0.3, -0.25) is 14.3 Å². The summed E-state index contributed by atoms with van der Waals surface area (Å²) in [5, 5.41) is 5.18. The van der Waals surface area contributed by atoms with Crippen LogP contribution in [0.3, 0.4) is 0 Å². The highest BCUT2D eigenvalue weighted by molar-refractivity contribution is 9.10. The average Bonchev–Trinajstić information content (AvgIpc) is 2.57. The van der Waals surface area contributed by atoms with Gasteiger partial charge in [-0.05, 0) is 29.8 Å². The van der Waals surface area contributed by atoms with Gasteiger partial charge in [0.15, 0.2) is 0 Å². The number of sulfonamides is 1. The maximum absolute atomic E-state index is 12.0. The summed E-state index contributed by atoms with van der Waals surface area (Å²) in [6.07, 6.45) is 1.06. The van der Waals surface area contributed by atoms with Gasteiger partial charge in [-0.15, -0.1) is 0 Å². The Morgan fingerprint density at radius 1 is 1.04 bits per heavy atom. The van der Waals surface area contributed by atoms with E-state index in [4.69, 9.17) is 0 Å². The molecule has 2 rings (SSSR count). The van der Waals surface area contributed by atoms with Crippen LogP contribution in [0, 0.1) is 0 Å². The normalized spacial score (nSPS) is 10.8. The Labute approximate surface area is 160 Å². The molecular formula is C17H18BrN3O4S.